The summed E-state index contributed by atoms with van der Waals surface area (Å²) >= 11 is 6.00. The average molecular weight is 421 g/mol. The molecule has 0 radical (unpaired) electrons. The molecule has 1 aromatic carbocycles. The third-order valence-corrected chi connectivity index (χ3v) is 6.26. The van der Waals surface area contributed by atoms with Crippen LogP contribution in [-0.2, 0) is 9.59 Å². The van der Waals surface area contributed by atoms with Gasteiger partial charge in [0.1, 0.15) is 5.66 Å². The van der Waals surface area contributed by atoms with E-state index in [1.165, 1.54) is 0 Å². The van der Waals surface area contributed by atoms with Gasteiger partial charge < -0.3 is 25.5 Å². The molecule has 1 spiro atoms. The molecule has 1 unspecified atom stereocenters. The molecule has 3 N–H and O–H groups in total. The van der Waals surface area contributed by atoms with Crippen molar-refractivity contribution in [2.24, 2.45) is 0 Å². The van der Waals surface area contributed by atoms with E-state index in [1.807, 2.05) is 0 Å². The fourth-order valence-electron chi connectivity index (χ4n) is 4.24. The zero-order valence-corrected chi connectivity index (χ0v) is 16.9. The lowest BCUT2D eigenvalue weighted by Gasteiger charge is -2.40. The van der Waals surface area contributed by atoms with Crippen LogP contribution in [0.3, 0.4) is 0 Å². The normalized spacial score (nSPS) is 25.3. The van der Waals surface area contributed by atoms with E-state index in [4.69, 9.17) is 11.6 Å². The maximum absolute atomic E-state index is 12.6. The Morgan fingerprint density at radius 3 is 2.69 bits per heavy atom. The molecule has 2 saturated heterocycles. The second kappa shape index (κ2) is 7.84. The maximum atomic E-state index is 12.6. The Labute approximate surface area is 174 Å². The Bertz CT molecular complexity index is 840. The molecule has 2 fully saturated rings. The molecule has 0 aromatic heterocycles. The minimum absolute atomic E-state index is 0.0329. The number of halogens is 1. The Morgan fingerprint density at radius 1 is 1.17 bits per heavy atom. The van der Waals surface area contributed by atoms with Gasteiger partial charge in [0.15, 0.2) is 0 Å². The number of rotatable bonds is 2. The number of hydrogen-bond acceptors (Lipinski definition) is 5. The van der Waals surface area contributed by atoms with Gasteiger partial charge in [0, 0.05) is 43.2 Å². The topological polar surface area (TPSA) is 102 Å². The van der Waals surface area contributed by atoms with Crippen LogP contribution in [-0.4, -0.2) is 70.6 Å². The molecule has 8 nitrogen and oxygen atoms in total. The van der Waals surface area contributed by atoms with Crippen molar-refractivity contribution in [3.8, 4) is 0 Å². The minimum atomic E-state index is -0.722. The molecule has 9 heteroatoms. The monoisotopic (exact) mass is 420 g/mol. The number of carbonyl (C=O) groups is 3. The van der Waals surface area contributed by atoms with Gasteiger partial charge in [0.25, 0.3) is 5.91 Å². The molecule has 0 bridgehead atoms. The first-order valence-corrected chi connectivity index (χ1v) is 10.4. The Balaban J connectivity index is 1.43. The van der Waals surface area contributed by atoms with Gasteiger partial charge in [-0.25, -0.2) is 0 Å². The summed E-state index contributed by atoms with van der Waals surface area (Å²) in [4.78, 5) is 41.1. The Hall–Kier alpha value is -2.32. The molecule has 3 heterocycles. The van der Waals surface area contributed by atoms with Gasteiger partial charge in [-0.3, -0.25) is 14.4 Å². The summed E-state index contributed by atoms with van der Waals surface area (Å²) in [6, 6.07) is 5.12. The van der Waals surface area contributed by atoms with E-state index >= 15 is 0 Å². The van der Waals surface area contributed by atoms with Crippen molar-refractivity contribution < 1.29 is 19.5 Å². The van der Waals surface area contributed by atoms with Crippen molar-refractivity contribution >= 4 is 35.0 Å². The van der Waals surface area contributed by atoms with Crippen LogP contribution in [0.15, 0.2) is 18.2 Å². The molecule has 0 aliphatic carbocycles. The molecule has 29 heavy (non-hydrogen) atoms. The summed E-state index contributed by atoms with van der Waals surface area (Å²) in [5.74, 6) is -0.405. The number of nitrogens with one attached hydrogen (secondary N) is 2. The van der Waals surface area contributed by atoms with Crippen LogP contribution >= 0.6 is 11.6 Å². The molecule has 3 amide bonds. The largest absolute Gasteiger partial charge is 0.393 e. The van der Waals surface area contributed by atoms with Crippen molar-refractivity contribution in [1.82, 2.24) is 15.1 Å². The van der Waals surface area contributed by atoms with E-state index in [2.05, 4.69) is 10.6 Å². The zero-order chi connectivity index (χ0) is 20.6. The van der Waals surface area contributed by atoms with Crippen LogP contribution in [0, 0.1) is 0 Å². The second-order valence-electron chi connectivity index (χ2n) is 8.03. The molecule has 3 aliphatic rings. The van der Waals surface area contributed by atoms with Crippen LogP contribution in [0.5, 0.6) is 0 Å². The molecule has 3 aliphatic heterocycles. The number of aliphatic hydroxyl groups is 1. The molecule has 1 atom stereocenters. The summed E-state index contributed by atoms with van der Waals surface area (Å²) in [6.45, 7) is 1.44. The lowest BCUT2D eigenvalue weighted by Crippen LogP contribution is -2.58. The van der Waals surface area contributed by atoms with Gasteiger partial charge in [0.05, 0.1) is 18.2 Å². The summed E-state index contributed by atoms with van der Waals surface area (Å²) in [5.41, 5.74) is 0.459. The zero-order valence-electron chi connectivity index (χ0n) is 16.1. The number of amides is 3. The van der Waals surface area contributed by atoms with Crippen molar-refractivity contribution in [2.75, 3.05) is 31.5 Å². The van der Waals surface area contributed by atoms with Gasteiger partial charge in [-0.15, -0.1) is 0 Å². The highest BCUT2D eigenvalue weighted by Gasteiger charge is 2.41. The lowest BCUT2D eigenvalue weighted by atomic mass is 9.95. The van der Waals surface area contributed by atoms with Crippen molar-refractivity contribution in [2.45, 2.75) is 43.9 Å². The van der Waals surface area contributed by atoms with E-state index in [1.54, 1.807) is 28.0 Å². The quantitative estimate of drug-likeness (QED) is 0.667. The van der Waals surface area contributed by atoms with Crippen molar-refractivity contribution in [3.63, 3.8) is 0 Å². The van der Waals surface area contributed by atoms with E-state index < -0.39 is 5.66 Å². The van der Waals surface area contributed by atoms with E-state index in [9.17, 15) is 19.5 Å². The van der Waals surface area contributed by atoms with Gasteiger partial charge in [-0.2, -0.15) is 0 Å². The third kappa shape index (κ3) is 4.18. The highest BCUT2D eigenvalue weighted by Crippen LogP contribution is 2.33. The van der Waals surface area contributed by atoms with Crippen LogP contribution < -0.4 is 10.6 Å². The third-order valence-electron chi connectivity index (χ3n) is 6.02. The molecular formula is C20H25ClN4O4. The van der Waals surface area contributed by atoms with Gasteiger partial charge in [0.2, 0.25) is 11.8 Å². The van der Waals surface area contributed by atoms with Gasteiger partial charge in [-0.1, -0.05) is 11.6 Å². The van der Waals surface area contributed by atoms with Crippen molar-refractivity contribution in [3.05, 3.63) is 28.8 Å². The fourth-order valence-corrected chi connectivity index (χ4v) is 4.41. The van der Waals surface area contributed by atoms with Crippen LogP contribution in [0.1, 0.15) is 42.5 Å². The average Bonchev–Trinajstić information content (AvgIpc) is 2.83. The Morgan fingerprint density at radius 2 is 1.93 bits per heavy atom. The first kappa shape index (κ1) is 20.0. The molecular weight excluding hydrogens is 396 g/mol. The molecule has 0 saturated carbocycles. The first-order valence-electron chi connectivity index (χ1n) is 9.99. The SMILES string of the molecule is O=C1NC2(CCC(=O)N(CC(=O)N3CCC(O)CC3)CC2)Nc2ccc(Cl)cc21. The molecule has 1 aromatic rings. The standard InChI is InChI=1S/C20H25ClN4O4/c21-13-1-2-16-15(11-13)19(29)23-20(22-16)6-3-17(27)25(10-7-20)12-18(28)24-8-4-14(26)5-9-24/h1-2,11,14,22,26H,3-10,12H2,(H,23,29). The summed E-state index contributed by atoms with van der Waals surface area (Å²) in [7, 11) is 0. The fraction of sp³-hybridized carbons (Fsp3) is 0.550. The van der Waals surface area contributed by atoms with E-state index in [0.717, 1.165) is 0 Å². The first-order chi connectivity index (χ1) is 13.8. The van der Waals surface area contributed by atoms with Gasteiger partial charge in [-0.05, 0) is 37.5 Å². The number of aliphatic hydroxyl groups excluding tert-OH is 1. The van der Waals surface area contributed by atoms with Crippen LogP contribution in [0.4, 0.5) is 5.69 Å². The number of likely N-dealkylation sites (tertiary alicyclic amines) is 2. The molecule has 4 rings (SSSR count). The Kier molecular flexibility index (Phi) is 5.40. The number of benzene rings is 1. The second-order valence-corrected chi connectivity index (χ2v) is 8.46. The summed E-state index contributed by atoms with van der Waals surface area (Å²) in [6.07, 6.45) is 1.98. The number of hydrogen-bond donors (Lipinski definition) is 3. The van der Waals surface area contributed by atoms with E-state index in [0.29, 0.717) is 61.6 Å². The van der Waals surface area contributed by atoms with E-state index in [-0.39, 0.29) is 36.8 Å². The number of anilines is 1. The summed E-state index contributed by atoms with van der Waals surface area (Å²) in [5, 5.41) is 16.5. The van der Waals surface area contributed by atoms with Gasteiger partial charge >= 0.3 is 0 Å². The van der Waals surface area contributed by atoms with Crippen molar-refractivity contribution in [1.29, 1.82) is 0 Å². The van der Waals surface area contributed by atoms with Crippen LogP contribution in [0.25, 0.3) is 0 Å². The molecule has 156 valence electrons. The number of carbonyl (C=O) groups excluding carboxylic acids is 3. The summed E-state index contributed by atoms with van der Waals surface area (Å²) < 4.78 is 0. The minimum Gasteiger partial charge on any atom is -0.393 e. The van der Waals surface area contributed by atoms with Crippen LogP contribution in [0.2, 0.25) is 5.02 Å². The smallest absolute Gasteiger partial charge is 0.255 e. The number of nitrogens with zero attached hydrogens (tertiary/aromatic N) is 2. The highest BCUT2D eigenvalue weighted by molar-refractivity contribution is 6.31. The maximum Gasteiger partial charge on any atom is 0.255 e. The number of piperidine rings is 1. The predicted octanol–water partition coefficient (Wildman–Crippen LogP) is 1.19. The lowest BCUT2D eigenvalue weighted by molar-refractivity contribution is -0.141. The highest BCUT2D eigenvalue weighted by atomic mass is 35.5. The number of fused-ring (bicyclic) bond motifs is 1. The predicted molar refractivity (Wildman–Crippen MR) is 108 cm³/mol.